The van der Waals surface area contributed by atoms with Gasteiger partial charge in [0.2, 0.25) is 0 Å². The second-order valence-electron chi connectivity index (χ2n) is 9.77. The molecule has 0 aromatic rings. The predicted octanol–water partition coefficient (Wildman–Crippen LogP) is 7.51. The maximum absolute atomic E-state index is 13.9. The van der Waals surface area contributed by atoms with Crippen molar-refractivity contribution in [2.75, 3.05) is 27.2 Å². The molecule has 0 fully saturated rings. The molecular weight excluding hydrogens is 751 g/mol. The topological polar surface area (TPSA) is 49.3 Å². The van der Waals surface area contributed by atoms with Gasteiger partial charge in [0, 0.05) is 13.0 Å². The number of nitrogens with zero attached hydrogens (tertiary/aromatic N) is 1. The molecule has 0 aliphatic rings. The number of rotatable bonds is 15. The molecule has 0 radical (unpaired) electrons. The number of hydrogen-bond donors (Lipinski definition) is 2. The van der Waals surface area contributed by atoms with Crippen LogP contribution in [0.1, 0.15) is 6.42 Å². The Labute approximate surface area is 242 Å². The highest BCUT2D eigenvalue weighted by Crippen LogP contribution is 2.67. The molecule has 0 aliphatic carbocycles. The number of hydrogen-bond acceptors (Lipinski definition) is 2. The highest BCUT2D eigenvalue weighted by Gasteiger charge is 2.99. The zero-order valence-electron chi connectivity index (χ0n) is 21.9. The number of carbonyl (C=O) groups excluding carboxylic acids is 1. The van der Waals surface area contributed by atoms with Crippen molar-refractivity contribution in [1.29, 1.82) is 0 Å². The van der Waals surface area contributed by atoms with Crippen molar-refractivity contribution in [3.8, 4) is 0 Å². The Kier molecular flexibility index (Phi) is 11.0. The van der Waals surface area contributed by atoms with Gasteiger partial charge < -0.3 is 5.32 Å². The minimum Gasteiger partial charge on any atom is -0.350 e. The average Bonchev–Trinajstić information content (AvgIpc) is 2.83. The van der Waals surface area contributed by atoms with Gasteiger partial charge in [-0.2, -0.15) is 114 Å². The summed E-state index contributed by atoms with van der Waals surface area (Å²) in [5, 5.41) is 9.83. The van der Waals surface area contributed by atoms with Crippen molar-refractivity contribution in [2.45, 2.75) is 77.7 Å². The maximum atomic E-state index is 13.9. The van der Waals surface area contributed by atoms with E-state index in [0.29, 0.717) is 5.32 Å². The largest absolute Gasteiger partial charge is 0.460 e. The molecule has 47 heavy (non-hydrogen) atoms. The van der Waals surface area contributed by atoms with E-state index in [2.05, 4.69) is 0 Å². The maximum Gasteiger partial charge on any atom is 0.460 e. The van der Waals surface area contributed by atoms with Crippen molar-refractivity contribution in [1.82, 2.24) is 5.32 Å². The van der Waals surface area contributed by atoms with Gasteiger partial charge in [-0.15, -0.1) is 0 Å². The fraction of sp³-hybridized carbons (Fsp3) is 0.944. The molecule has 0 bridgehead atoms. The standard InChI is InChI=1S/C18H13F25N2O2/c1-45(2,47)5-3-4-44-6(46)7(19,20)8(21,22)9(23,24)10(25,26)11(27,28)12(29,30)13(31,32)14(33,34)15(35,36)16(37,38)17(39,40)18(41,42)43/h47H,3-5H2,1-2H3/p+1. The van der Waals surface area contributed by atoms with E-state index in [4.69, 9.17) is 0 Å². The van der Waals surface area contributed by atoms with Crippen LogP contribution in [0.4, 0.5) is 110 Å². The third-order valence-electron chi connectivity index (χ3n) is 5.75. The van der Waals surface area contributed by atoms with Crippen molar-refractivity contribution in [3.63, 3.8) is 0 Å². The van der Waals surface area contributed by atoms with Crippen molar-refractivity contribution in [3.05, 3.63) is 0 Å². The van der Waals surface area contributed by atoms with Crippen LogP contribution < -0.4 is 5.32 Å². The Morgan fingerprint density at radius 3 is 0.936 bits per heavy atom. The van der Waals surface area contributed by atoms with Crippen LogP contribution in [0.15, 0.2) is 0 Å². The fourth-order valence-corrected chi connectivity index (χ4v) is 2.87. The SMILES string of the molecule is C[N+](C)(O)CCCNC(=O)C(F)(F)C(F)(F)C(F)(F)C(F)(F)C(F)(F)C(F)(F)C(F)(F)C(F)(F)C(F)(F)C(F)(F)C(F)(F)C(F)(F)F. The average molecular weight is 765 g/mol. The van der Waals surface area contributed by atoms with Gasteiger partial charge in [-0.05, 0) is 0 Å². The lowest BCUT2D eigenvalue weighted by Crippen LogP contribution is -2.78. The smallest absolute Gasteiger partial charge is 0.350 e. The quantitative estimate of drug-likeness (QED) is 0.0786. The molecule has 0 atom stereocenters. The van der Waals surface area contributed by atoms with Gasteiger partial charge in [-0.3, -0.25) is 4.79 Å². The molecule has 2 N–H and O–H groups in total. The molecule has 0 unspecified atom stereocenters. The zero-order chi connectivity index (χ0) is 38.9. The molecule has 0 aliphatic heterocycles. The van der Waals surface area contributed by atoms with Gasteiger partial charge >= 0.3 is 71.3 Å². The summed E-state index contributed by atoms with van der Waals surface area (Å²) in [6.07, 6.45) is -8.99. The molecule has 0 aromatic heterocycles. The summed E-state index contributed by atoms with van der Waals surface area (Å²) in [7, 11) is 1.85. The molecule has 4 nitrogen and oxygen atoms in total. The Balaban J connectivity index is 7.07. The number of quaternary nitrogens is 1. The number of halogens is 25. The highest BCUT2D eigenvalue weighted by molar-refractivity contribution is 5.84. The summed E-state index contributed by atoms with van der Waals surface area (Å²) in [6.45, 7) is -2.01. The highest BCUT2D eigenvalue weighted by atomic mass is 19.4. The van der Waals surface area contributed by atoms with Crippen LogP contribution >= 0.6 is 0 Å². The molecule has 0 saturated heterocycles. The molecule has 29 heteroatoms. The van der Waals surface area contributed by atoms with Crippen LogP contribution in [0.25, 0.3) is 0 Å². The Bertz CT molecular complexity index is 1140. The zero-order valence-corrected chi connectivity index (χ0v) is 21.9. The van der Waals surface area contributed by atoms with E-state index < -0.39 is 101 Å². The van der Waals surface area contributed by atoms with Crippen molar-refractivity contribution < 1.29 is 124 Å². The van der Waals surface area contributed by atoms with E-state index in [9.17, 15) is 120 Å². The van der Waals surface area contributed by atoms with E-state index in [1.165, 1.54) is 0 Å². The summed E-state index contributed by atoms with van der Waals surface area (Å²) in [5.74, 6) is -104. The predicted molar refractivity (Wildman–Crippen MR) is 96.9 cm³/mol. The summed E-state index contributed by atoms with van der Waals surface area (Å²) < 4.78 is 334. The first-order valence-electron chi connectivity index (χ1n) is 10.9. The Hall–Kier alpha value is -2.36. The first kappa shape index (κ1) is 44.6. The van der Waals surface area contributed by atoms with Crippen LogP contribution in [-0.2, 0) is 4.79 Å². The van der Waals surface area contributed by atoms with Crippen LogP contribution in [0.5, 0.6) is 0 Å². The number of hydroxylamine groups is 3. The number of carbonyl (C=O) groups is 1. The first-order chi connectivity index (χ1) is 19.9. The van der Waals surface area contributed by atoms with Crippen molar-refractivity contribution in [2.24, 2.45) is 0 Å². The Morgan fingerprint density at radius 1 is 0.468 bits per heavy atom. The van der Waals surface area contributed by atoms with Gasteiger partial charge in [0.25, 0.3) is 5.91 Å². The fourth-order valence-electron chi connectivity index (χ4n) is 2.87. The molecule has 0 aromatic carbocycles. The summed E-state index contributed by atoms with van der Waals surface area (Å²) >= 11 is 0. The summed E-state index contributed by atoms with van der Waals surface area (Å²) in [4.78, 5) is 11.3. The molecule has 282 valence electrons. The second-order valence-corrected chi connectivity index (χ2v) is 9.77. The molecule has 0 rings (SSSR count). The third kappa shape index (κ3) is 6.18. The van der Waals surface area contributed by atoms with E-state index in [1.54, 1.807) is 0 Å². The monoisotopic (exact) mass is 765 g/mol. The summed E-state index contributed by atoms with van der Waals surface area (Å²) in [6, 6.07) is 0. The molecular formula is C18H14F25N2O2+. The molecule has 0 heterocycles. The van der Waals surface area contributed by atoms with E-state index in [0.717, 1.165) is 14.1 Å². The van der Waals surface area contributed by atoms with Gasteiger partial charge in [0.15, 0.2) is 0 Å². The second kappa shape index (κ2) is 11.6. The van der Waals surface area contributed by atoms with E-state index in [1.807, 2.05) is 0 Å². The lowest BCUT2D eigenvalue weighted by molar-refractivity contribution is -1.07. The van der Waals surface area contributed by atoms with Crippen LogP contribution in [0.3, 0.4) is 0 Å². The summed E-state index contributed by atoms with van der Waals surface area (Å²) in [5.41, 5.74) is 0. The lowest BCUT2D eigenvalue weighted by Gasteiger charge is -2.45. The number of nitrogens with one attached hydrogen (secondary N) is 1. The van der Waals surface area contributed by atoms with E-state index in [-0.39, 0.29) is 0 Å². The molecule has 0 spiro atoms. The first-order valence-corrected chi connectivity index (χ1v) is 10.9. The van der Waals surface area contributed by atoms with Gasteiger partial charge in [-0.1, -0.05) is 0 Å². The Morgan fingerprint density at radius 2 is 0.702 bits per heavy atom. The molecule has 1 amide bonds. The van der Waals surface area contributed by atoms with Gasteiger partial charge in [-0.25, -0.2) is 5.21 Å². The van der Waals surface area contributed by atoms with E-state index >= 15 is 0 Å². The normalized spacial score (nSPS) is 16.4. The third-order valence-corrected chi connectivity index (χ3v) is 5.75. The molecule has 0 saturated carbocycles. The number of amides is 1. The van der Waals surface area contributed by atoms with Gasteiger partial charge in [0.1, 0.15) is 6.54 Å². The van der Waals surface area contributed by atoms with Gasteiger partial charge in [0.05, 0.1) is 14.1 Å². The van der Waals surface area contributed by atoms with Crippen LogP contribution in [-0.4, -0.2) is 114 Å². The minimum atomic E-state index is -9.67. The van der Waals surface area contributed by atoms with Crippen LogP contribution in [0.2, 0.25) is 0 Å². The lowest BCUT2D eigenvalue weighted by atomic mass is 9.84. The van der Waals surface area contributed by atoms with Crippen molar-refractivity contribution >= 4 is 5.91 Å². The number of alkyl halides is 25. The van der Waals surface area contributed by atoms with Crippen LogP contribution in [0, 0.1) is 0 Å². The minimum absolute atomic E-state index is 0.573.